The van der Waals surface area contributed by atoms with E-state index in [-0.39, 0.29) is 11.2 Å². The van der Waals surface area contributed by atoms with E-state index in [1.54, 1.807) is 0 Å². The first-order valence-electron chi connectivity index (χ1n) is 6.75. The van der Waals surface area contributed by atoms with Crippen molar-refractivity contribution in [3.05, 3.63) is 0 Å². The Bertz CT molecular complexity index is 263. The topological polar surface area (TPSA) is 26.8 Å². The monoisotopic (exact) mass is 273 g/mol. The van der Waals surface area contributed by atoms with Crippen molar-refractivity contribution in [2.24, 2.45) is 5.92 Å². The Hall–Kier alpha value is -0.260. The van der Waals surface area contributed by atoms with E-state index >= 15 is 0 Å². The van der Waals surface area contributed by atoms with Crippen LogP contribution in [0.3, 0.4) is 0 Å². The molecule has 1 rings (SSSR count). The summed E-state index contributed by atoms with van der Waals surface area (Å²) >= 11 is 4.41. The minimum Gasteiger partial charge on any atom is -0.339 e. The Morgan fingerprint density at radius 1 is 1.22 bits per heavy atom. The zero-order valence-corrected chi connectivity index (χ0v) is 13.0. The van der Waals surface area contributed by atoms with Gasteiger partial charge in [-0.25, -0.2) is 0 Å². The van der Waals surface area contributed by atoms with Gasteiger partial charge < -0.3 is 9.80 Å². The lowest BCUT2D eigenvalue weighted by atomic mass is 10.1. The van der Waals surface area contributed by atoms with Gasteiger partial charge in [-0.05, 0) is 20.0 Å². The smallest absolute Gasteiger partial charge is 0.235 e. The van der Waals surface area contributed by atoms with Crippen molar-refractivity contribution >= 4 is 18.5 Å². The van der Waals surface area contributed by atoms with Gasteiger partial charge in [0.15, 0.2) is 0 Å². The molecular weight excluding hydrogens is 246 g/mol. The third kappa shape index (κ3) is 4.78. The van der Waals surface area contributed by atoms with Crippen LogP contribution in [0.1, 0.15) is 13.8 Å². The summed E-state index contributed by atoms with van der Waals surface area (Å²) in [7, 11) is 4.18. The molecule has 0 bridgehead atoms. The normalized spacial score (nSPS) is 19.6. The second kappa shape index (κ2) is 7.36. The maximum atomic E-state index is 12.1. The molecule has 0 aromatic rings. The fraction of sp³-hybridized carbons (Fsp3) is 0.923. The minimum atomic E-state index is -0.154. The molecule has 5 heteroatoms. The lowest BCUT2D eigenvalue weighted by molar-refractivity contribution is -0.133. The molecule has 1 aliphatic heterocycles. The fourth-order valence-electron chi connectivity index (χ4n) is 2.01. The molecule has 1 fully saturated rings. The lowest BCUT2D eigenvalue weighted by Crippen LogP contribution is -2.52. The number of likely N-dealkylation sites (N-methyl/N-ethyl adjacent to an activating group) is 1. The summed E-state index contributed by atoms with van der Waals surface area (Å²) in [4.78, 5) is 18.7. The van der Waals surface area contributed by atoms with E-state index in [0.29, 0.717) is 5.92 Å². The molecule has 1 atom stereocenters. The summed E-state index contributed by atoms with van der Waals surface area (Å²) < 4.78 is 0. The molecule has 0 saturated carbocycles. The molecule has 1 heterocycles. The van der Waals surface area contributed by atoms with Gasteiger partial charge in [-0.15, -0.1) is 0 Å². The third-order valence-electron chi connectivity index (χ3n) is 3.43. The van der Waals surface area contributed by atoms with Gasteiger partial charge in [-0.2, -0.15) is 12.6 Å². The largest absolute Gasteiger partial charge is 0.339 e. The molecule has 0 spiro atoms. The highest BCUT2D eigenvalue weighted by molar-refractivity contribution is 7.81. The van der Waals surface area contributed by atoms with Crippen LogP contribution in [0.4, 0.5) is 0 Å². The van der Waals surface area contributed by atoms with Crippen LogP contribution < -0.4 is 0 Å². The van der Waals surface area contributed by atoms with E-state index in [1.165, 1.54) is 0 Å². The molecule has 106 valence electrons. The van der Waals surface area contributed by atoms with E-state index in [2.05, 4.69) is 36.5 Å². The molecule has 0 aromatic carbocycles. The standard InChI is InChI=1S/C13H27N3OS/c1-11(2)12(18)13(17)16-9-7-15(8-10-16)6-5-14(3)4/h11-12,18H,5-10H2,1-4H3. The van der Waals surface area contributed by atoms with Crippen LogP contribution >= 0.6 is 12.6 Å². The first kappa shape index (κ1) is 15.8. The molecule has 18 heavy (non-hydrogen) atoms. The summed E-state index contributed by atoms with van der Waals surface area (Å²) in [5.41, 5.74) is 0. The molecular formula is C13H27N3OS. The van der Waals surface area contributed by atoms with Crippen LogP contribution in [0.15, 0.2) is 0 Å². The van der Waals surface area contributed by atoms with E-state index in [0.717, 1.165) is 39.3 Å². The van der Waals surface area contributed by atoms with Crippen LogP contribution in [0, 0.1) is 5.92 Å². The maximum Gasteiger partial charge on any atom is 0.235 e. The van der Waals surface area contributed by atoms with Crippen molar-refractivity contribution in [1.82, 2.24) is 14.7 Å². The molecule has 4 nitrogen and oxygen atoms in total. The Balaban J connectivity index is 2.32. The SMILES string of the molecule is CC(C)C(S)C(=O)N1CCN(CCN(C)C)CC1. The molecule has 1 saturated heterocycles. The van der Waals surface area contributed by atoms with Crippen molar-refractivity contribution in [3.8, 4) is 0 Å². The lowest BCUT2D eigenvalue weighted by Gasteiger charge is -2.36. The number of nitrogens with zero attached hydrogens (tertiary/aromatic N) is 3. The zero-order valence-electron chi connectivity index (χ0n) is 12.1. The summed E-state index contributed by atoms with van der Waals surface area (Å²) in [6, 6.07) is 0. The van der Waals surface area contributed by atoms with Crippen molar-refractivity contribution in [2.45, 2.75) is 19.1 Å². The fourth-order valence-corrected chi connectivity index (χ4v) is 2.17. The summed E-state index contributed by atoms with van der Waals surface area (Å²) in [5, 5.41) is -0.154. The highest BCUT2D eigenvalue weighted by atomic mass is 32.1. The number of hydrogen-bond acceptors (Lipinski definition) is 4. The number of carbonyl (C=O) groups is 1. The van der Waals surface area contributed by atoms with Crippen molar-refractivity contribution in [3.63, 3.8) is 0 Å². The van der Waals surface area contributed by atoms with E-state index in [9.17, 15) is 4.79 Å². The average Bonchev–Trinajstić information content (AvgIpc) is 2.35. The van der Waals surface area contributed by atoms with Crippen molar-refractivity contribution < 1.29 is 4.79 Å². The number of thiol groups is 1. The van der Waals surface area contributed by atoms with Crippen molar-refractivity contribution in [1.29, 1.82) is 0 Å². The Labute approximate surface area is 117 Å². The van der Waals surface area contributed by atoms with Gasteiger partial charge >= 0.3 is 0 Å². The van der Waals surface area contributed by atoms with Gasteiger partial charge in [0.1, 0.15) is 0 Å². The van der Waals surface area contributed by atoms with Crippen molar-refractivity contribution in [2.75, 3.05) is 53.4 Å². The van der Waals surface area contributed by atoms with Crippen LogP contribution in [-0.4, -0.2) is 79.2 Å². The Morgan fingerprint density at radius 2 is 1.78 bits per heavy atom. The van der Waals surface area contributed by atoms with E-state index < -0.39 is 0 Å². The molecule has 0 aliphatic carbocycles. The predicted molar refractivity (Wildman–Crippen MR) is 79.2 cm³/mol. The van der Waals surface area contributed by atoms with Crippen LogP contribution in [0.2, 0.25) is 0 Å². The Morgan fingerprint density at radius 3 is 2.22 bits per heavy atom. The summed E-state index contributed by atoms with van der Waals surface area (Å²) in [6.45, 7) is 9.91. The number of hydrogen-bond donors (Lipinski definition) is 1. The number of piperazine rings is 1. The van der Waals surface area contributed by atoms with Gasteiger partial charge in [0.05, 0.1) is 5.25 Å². The molecule has 0 aromatic heterocycles. The van der Waals surface area contributed by atoms with E-state index in [4.69, 9.17) is 0 Å². The van der Waals surface area contributed by atoms with Gasteiger partial charge in [-0.3, -0.25) is 9.69 Å². The zero-order chi connectivity index (χ0) is 13.7. The summed E-state index contributed by atoms with van der Waals surface area (Å²) in [5.74, 6) is 0.494. The second-order valence-corrected chi connectivity index (χ2v) is 6.22. The maximum absolute atomic E-state index is 12.1. The quantitative estimate of drug-likeness (QED) is 0.745. The predicted octanol–water partition coefficient (Wildman–Crippen LogP) is 0.647. The molecule has 1 amide bonds. The van der Waals surface area contributed by atoms with Crippen LogP contribution in [-0.2, 0) is 4.79 Å². The van der Waals surface area contributed by atoms with Crippen LogP contribution in [0.5, 0.6) is 0 Å². The molecule has 1 unspecified atom stereocenters. The second-order valence-electron chi connectivity index (χ2n) is 5.66. The van der Waals surface area contributed by atoms with Gasteiger partial charge in [0, 0.05) is 39.3 Å². The van der Waals surface area contributed by atoms with Gasteiger partial charge in [0.25, 0.3) is 0 Å². The molecule has 0 radical (unpaired) electrons. The third-order valence-corrected chi connectivity index (χ3v) is 4.25. The first-order chi connectivity index (χ1) is 8.41. The highest BCUT2D eigenvalue weighted by Gasteiger charge is 2.26. The summed E-state index contributed by atoms with van der Waals surface area (Å²) in [6.07, 6.45) is 0. The first-order valence-corrected chi connectivity index (χ1v) is 7.27. The molecule has 0 N–H and O–H groups in total. The van der Waals surface area contributed by atoms with Crippen LogP contribution in [0.25, 0.3) is 0 Å². The van der Waals surface area contributed by atoms with E-state index in [1.807, 2.05) is 18.7 Å². The highest BCUT2D eigenvalue weighted by Crippen LogP contribution is 2.14. The number of rotatable bonds is 5. The number of amides is 1. The van der Waals surface area contributed by atoms with Gasteiger partial charge in [0.2, 0.25) is 5.91 Å². The average molecular weight is 273 g/mol. The minimum absolute atomic E-state index is 0.154. The Kier molecular flexibility index (Phi) is 6.46. The van der Waals surface area contributed by atoms with Gasteiger partial charge in [-0.1, -0.05) is 13.8 Å². The molecule has 1 aliphatic rings. The number of carbonyl (C=O) groups excluding carboxylic acids is 1.